The van der Waals surface area contributed by atoms with Crippen molar-refractivity contribution in [2.75, 3.05) is 26.2 Å². The average molecular weight is 513 g/mol. The molecule has 0 spiro atoms. The van der Waals surface area contributed by atoms with Crippen molar-refractivity contribution in [2.24, 2.45) is 11.5 Å². The van der Waals surface area contributed by atoms with Crippen LogP contribution in [0.3, 0.4) is 0 Å². The lowest BCUT2D eigenvalue weighted by Gasteiger charge is -2.30. The summed E-state index contributed by atoms with van der Waals surface area (Å²) < 4.78 is 0. The predicted molar refractivity (Wildman–Crippen MR) is 137 cm³/mol. The highest BCUT2D eigenvalue weighted by molar-refractivity contribution is 5.93. The first kappa shape index (κ1) is 27.8. The standard InChI is InChI=1S/C25H36N8O4/c26-10-5-4-8-20(25(37)33-11-9-19-18(16-33)14-29-32-19)30-23(35)15-28-24(36)21(31-22(34)13-27)12-17-6-2-1-3-7-17/h1-3,6-7,14,20-21H,4-5,8-13,15-16,26-27H2,(H,28,36)(H,29,32)(H,30,35)(H,31,34)/t20-,21-/m1/s1. The van der Waals surface area contributed by atoms with Crippen molar-refractivity contribution in [3.63, 3.8) is 0 Å². The Balaban J connectivity index is 1.58. The van der Waals surface area contributed by atoms with E-state index in [9.17, 15) is 19.2 Å². The van der Waals surface area contributed by atoms with E-state index in [1.54, 1.807) is 11.1 Å². The van der Waals surface area contributed by atoms with Gasteiger partial charge >= 0.3 is 0 Å². The van der Waals surface area contributed by atoms with Gasteiger partial charge in [0.25, 0.3) is 0 Å². The van der Waals surface area contributed by atoms with E-state index in [4.69, 9.17) is 11.5 Å². The van der Waals surface area contributed by atoms with Crippen molar-refractivity contribution in [1.82, 2.24) is 31.0 Å². The number of fused-ring (bicyclic) bond motifs is 1. The van der Waals surface area contributed by atoms with Gasteiger partial charge in [0.1, 0.15) is 12.1 Å². The van der Waals surface area contributed by atoms with Gasteiger partial charge in [-0.05, 0) is 31.4 Å². The maximum Gasteiger partial charge on any atom is 0.245 e. The lowest BCUT2D eigenvalue weighted by Crippen LogP contribution is -2.54. The van der Waals surface area contributed by atoms with E-state index in [-0.39, 0.29) is 25.4 Å². The summed E-state index contributed by atoms with van der Waals surface area (Å²) in [6.45, 7) is 0.838. The summed E-state index contributed by atoms with van der Waals surface area (Å²) in [6, 6.07) is 7.57. The first-order valence-corrected chi connectivity index (χ1v) is 12.5. The number of aromatic amines is 1. The van der Waals surface area contributed by atoms with Crippen LogP contribution in [0.2, 0.25) is 0 Å². The van der Waals surface area contributed by atoms with Crippen molar-refractivity contribution in [1.29, 1.82) is 0 Å². The molecule has 1 aromatic heterocycles. The van der Waals surface area contributed by atoms with Gasteiger partial charge in [0.15, 0.2) is 0 Å². The smallest absolute Gasteiger partial charge is 0.245 e. The van der Waals surface area contributed by atoms with Crippen molar-refractivity contribution < 1.29 is 19.2 Å². The molecule has 3 rings (SSSR count). The molecule has 0 aliphatic carbocycles. The van der Waals surface area contributed by atoms with E-state index < -0.39 is 29.8 Å². The maximum atomic E-state index is 13.3. The summed E-state index contributed by atoms with van der Waals surface area (Å²) in [5, 5.41) is 14.9. The Hall–Kier alpha value is -3.77. The quantitative estimate of drug-likeness (QED) is 0.180. The first-order valence-electron chi connectivity index (χ1n) is 12.5. The minimum Gasteiger partial charge on any atom is -0.345 e. The third-order valence-corrected chi connectivity index (χ3v) is 6.24. The normalized spacial score (nSPS) is 14.3. The van der Waals surface area contributed by atoms with E-state index in [0.29, 0.717) is 38.9 Å². The van der Waals surface area contributed by atoms with E-state index >= 15 is 0 Å². The number of carbonyl (C=O) groups is 4. The van der Waals surface area contributed by atoms with E-state index in [1.807, 2.05) is 30.3 Å². The highest BCUT2D eigenvalue weighted by Gasteiger charge is 2.29. The van der Waals surface area contributed by atoms with Crippen LogP contribution in [0.1, 0.15) is 36.1 Å². The molecule has 1 aliphatic rings. The molecule has 1 aliphatic heterocycles. The molecule has 2 atom stereocenters. The van der Waals surface area contributed by atoms with Crippen LogP contribution in [0.15, 0.2) is 36.5 Å². The molecule has 4 amide bonds. The molecular weight excluding hydrogens is 476 g/mol. The molecule has 12 heteroatoms. The van der Waals surface area contributed by atoms with Crippen LogP contribution in [0.4, 0.5) is 0 Å². The molecule has 0 unspecified atom stereocenters. The second kappa shape index (κ2) is 14.1. The third-order valence-electron chi connectivity index (χ3n) is 6.24. The Kier molecular flexibility index (Phi) is 10.6. The van der Waals surface area contributed by atoms with E-state index in [1.165, 1.54) is 0 Å². The van der Waals surface area contributed by atoms with E-state index in [2.05, 4.69) is 26.1 Å². The molecule has 2 heterocycles. The molecule has 0 fully saturated rings. The zero-order valence-electron chi connectivity index (χ0n) is 20.9. The topological polar surface area (TPSA) is 188 Å². The zero-order valence-corrected chi connectivity index (χ0v) is 20.9. The molecule has 200 valence electrons. The number of unbranched alkanes of at least 4 members (excludes halogenated alkanes) is 1. The van der Waals surface area contributed by atoms with Crippen LogP contribution in [-0.2, 0) is 38.6 Å². The molecule has 37 heavy (non-hydrogen) atoms. The Labute approximate surface area is 215 Å². The van der Waals surface area contributed by atoms with Crippen LogP contribution >= 0.6 is 0 Å². The molecule has 0 bridgehead atoms. The van der Waals surface area contributed by atoms with Gasteiger partial charge in [-0.1, -0.05) is 30.3 Å². The summed E-state index contributed by atoms with van der Waals surface area (Å²) in [5.74, 6) is -1.67. The van der Waals surface area contributed by atoms with Crippen LogP contribution in [0.25, 0.3) is 0 Å². The summed E-state index contributed by atoms with van der Waals surface area (Å²) in [5.41, 5.74) is 13.8. The van der Waals surface area contributed by atoms with Gasteiger partial charge in [-0.15, -0.1) is 0 Å². The molecule has 0 radical (unpaired) electrons. The van der Waals surface area contributed by atoms with Crippen molar-refractivity contribution >= 4 is 23.6 Å². The summed E-state index contributed by atoms with van der Waals surface area (Å²) in [6.07, 6.45) is 4.46. The SMILES string of the molecule is NCCCC[C@@H](NC(=O)CNC(=O)[C@@H](Cc1ccccc1)NC(=O)CN)C(=O)N1CCc2[nH]ncc2C1. The average Bonchev–Trinajstić information content (AvgIpc) is 3.39. The largest absolute Gasteiger partial charge is 0.345 e. The van der Waals surface area contributed by atoms with Gasteiger partial charge in [0, 0.05) is 37.2 Å². The monoisotopic (exact) mass is 512 g/mol. The predicted octanol–water partition coefficient (Wildman–Crippen LogP) is -1.29. The molecule has 12 nitrogen and oxygen atoms in total. The summed E-state index contributed by atoms with van der Waals surface area (Å²) in [7, 11) is 0. The number of H-pyrrole nitrogens is 1. The van der Waals surface area contributed by atoms with E-state index in [0.717, 1.165) is 23.2 Å². The second-order valence-corrected chi connectivity index (χ2v) is 9.02. The molecule has 8 N–H and O–H groups in total. The summed E-state index contributed by atoms with van der Waals surface area (Å²) in [4.78, 5) is 52.4. The van der Waals surface area contributed by atoms with Gasteiger partial charge in [0.05, 0.1) is 19.3 Å². The maximum absolute atomic E-state index is 13.3. The van der Waals surface area contributed by atoms with Gasteiger partial charge in [0.2, 0.25) is 23.6 Å². The van der Waals surface area contributed by atoms with Gasteiger partial charge in [-0.3, -0.25) is 24.3 Å². The fourth-order valence-corrected chi connectivity index (χ4v) is 4.23. The van der Waals surface area contributed by atoms with Gasteiger partial charge in [-0.2, -0.15) is 5.10 Å². The fraction of sp³-hybridized carbons (Fsp3) is 0.480. The number of nitrogens with one attached hydrogen (secondary N) is 4. The van der Waals surface area contributed by atoms with Crippen molar-refractivity contribution in [3.8, 4) is 0 Å². The van der Waals surface area contributed by atoms with Crippen molar-refractivity contribution in [2.45, 2.75) is 50.7 Å². The number of nitrogens with zero attached hydrogens (tertiary/aromatic N) is 2. The first-order chi connectivity index (χ1) is 17.9. The number of benzene rings is 1. The van der Waals surface area contributed by atoms with Crippen LogP contribution in [-0.4, -0.2) is 77.0 Å². The third kappa shape index (κ3) is 8.40. The Morgan fingerprint density at radius 3 is 2.51 bits per heavy atom. The van der Waals surface area contributed by atoms with Crippen LogP contribution < -0.4 is 27.4 Å². The number of nitrogens with two attached hydrogens (primary N) is 2. The molecule has 1 aromatic carbocycles. The number of hydrogen-bond donors (Lipinski definition) is 6. The Morgan fingerprint density at radius 2 is 1.78 bits per heavy atom. The number of carbonyl (C=O) groups excluding carboxylic acids is 4. The second-order valence-electron chi connectivity index (χ2n) is 9.02. The number of rotatable bonds is 13. The molecule has 2 aromatic rings. The Bertz CT molecular complexity index is 1060. The highest BCUT2D eigenvalue weighted by Crippen LogP contribution is 2.18. The summed E-state index contributed by atoms with van der Waals surface area (Å²) >= 11 is 0. The number of hydrogen-bond acceptors (Lipinski definition) is 7. The number of aromatic nitrogens is 2. The minimum absolute atomic E-state index is 0.180. The molecular formula is C25H36N8O4. The lowest BCUT2D eigenvalue weighted by atomic mass is 10.0. The van der Waals surface area contributed by atoms with Crippen molar-refractivity contribution in [3.05, 3.63) is 53.3 Å². The van der Waals surface area contributed by atoms with Gasteiger partial charge < -0.3 is 32.3 Å². The highest BCUT2D eigenvalue weighted by atomic mass is 16.2. The van der Waals surface area contributed by atoms with Crippen LogP contribution in [0.5, 0.6) is 0 Å². The molecule has 0 saturated heterocycles. The number of amides is 4. The Morgan fingerprint density at radius 1 is 1.03 bits per heavy atom. The van der Waals surface area contributed by atoms with Crippen LogP contribution in [0, 0.1) is 0 Å². The lowest BCUT2D eigenvalue weighted by molar-refractivity contribution is -0.137. The fourth-order valence-electron chi connectivity index (χ4n) is 4.23. The zero-order chi connectivity index (χ0) is 26.6. The minimum atomic E-state index is -0.897. The molecule has 0 saturated carbocycles. The van der Waals surface area contributed by atoms with Gasteiger partial charge in [-0.25, -0.2) is 0 Å².